The van der Waals surface area contributed by atoms with E-state index in [1.54, 1.807) is 0 Å². The van der Waals surface area contributed by atoms with Crippen LogP contribution in [0.5, 0.6) is 0 Å². The van der Waals surface area contributed by atoms with Crippen molar-refractivity contribution in [2.45, 2.75) is 45.4 Å². The number of unbranched alkanes of at least 4 members (excludes halogenated alkanes) is 4. The SMILES string of the molecule is CCCCCCCN(CCC(=O)O)c1ccc(N(C)C)cc1. The Morgan fingerprint density at radius 2 is 1.55 bits per heavy atom. The third-order valence-corrected chi connectivity index (χ3v) is 3.86. The van der Waals surface area contributed by atoms with Gasteiger partial charge >= 0.3 is 5.97 Å². The van der Waals surface area contributed by atoms with Crippen LogP contribution in [0, 0.1) is 0 Å². The van der Waals surface area contributed by atoms with Gasteiger partial charge in [0.05, 0.1) is 6.42 Å². The molecule has 22 heavy (non-hydrogen) atoms. The highest BCUT2D eigenvalue weighted by Crippen LogP contribution is 2.20. The molecule has 0 aromatic heterocycles. The Balaban J connectivity index is 2.61. The number of carboxylic acids is 1. The molecule has 0 saturated carbocycles. The van der Waals surface area contributed by atoms with Gasteiger partial charge in [0.1, 0.15) is 0 Å². The molecule has 0 radical (unpaired) electrons. The van der Waals surface area contributed by atoms with Crippen molar-refractivity contribution >= 4 is 17.3 Å². The lowest BCUT2D eigenvalue weighted by Crippen LogP contribution is -2.27. The number of nitrogens with zero attached hydrogens (tertiary/aromatic N) is 2. The molecule has 124 valence electrons. The van der Waals surface area contributed by atoms with Crippen LogP contribution >= 0.6 is 0 Å². The van der Waals surface area contributed by atoms with Gasteiger partial charge in [-0.3, -0.25) is 4.79 Å². The summed E-state index contributed by atoms with van der Waals surface area (Å²) in [5, 5.41) is 8.93. The van der Waals surface area contributed by atoms with Crippen LogP contribution in [0.4, 0.5) is 11.4 Å². The molecule has 1 N–H and O–H groups in total. The van der Waals surface area contributed by atoms with E-state index in [1.807, 2.05) is 14.1 Å². The first-order valence-corrected chi connectivity index (χ1v) is 8.28. The van der Waals surface area contributed by atoms with Gasteiger partial charge in [0.2, 0.25) is 0 Å². The molecule has 4 heteroatoms. The largest absolute Gasteiger partial charge is 0.481 e. The van der Waals surface area contributed by atoms with E-state index in [0.29, 0.717) is 6.54 Å². The average Bonchev–Trinajstić information content (AvgIpc) is 2.50. The van der Waals surface area contributed by atoms with Crippen molar-refractivity contribution in [3.63, 3.8) is 0 Å². The Bertz CT molecular complexity index is 429. The van der Waals surface area contributed by atoms with E-state index in [1.165, 1.54) is 25.7 Å². The lowest BCUT2D eigenvalue weighted by atomic mass is 10.1. The first kappa shape index (κ1) is 18.3. The van der Waals surface area contributed by atoms with Crippen molar-refractivity contribution in [3.8, 4) is 0 Å². The van der Waals surface area contributed by atoms with Crippen LogP contribution in [-0.2, 0) is 4.79 Å². The van der Waals surface area contributed by atoms with E-state index in [9.17, 15) is 4.79 Å². The number of carboxylic acid groups (broad SMARTS) is 1. The number of hydrogen-bond donors (Lipinski definition) is 1. The summed E-state index contributed by atoms with van der Waals surface area (Å²) in [5.74, 6) is -0.735. The van der Waals surface area contributed by atoms with Crippen LogP contribution < -0.4 is 9.80 Å². The molecule has 0 saturated heterocycles. The number of aliphatic carboxylic acids is 1. The molecule has 0 aliphatic carbocycles. The summed E-state index contributed by atoms with van der Waals surface area (Å²) in [4.78, 5) is 15.1. The van der Waals surface area contributed by atoms with E-state index < -0.39 is 5.97 Å². The predicted molar refractivity (Wildman–Crippen MR) is 94.0 cm³/mol. The first-order chi connectivity index (χ1) is 10.5. The zero-order valence-electron chi connectivity index (χ0n) is 14.2. The minimum atomic E-state index is -0.735. The van der Waals surface area contributed by atoms with Crippen LogP contribution in [0.2, 0.25) is 0 Å². The van der Waals surface area contributed by atoms with E-state index in [4.69, 9.17) is 5.11 Å². The molecule has 0 aliphatic rings. The fraction of sp³-hybridized carbons (Fsp3) is 0.611. The standard InChI is InChI=1S/C18H30N2O2/c1-4-5-6-7-8-14-20(15-13-18(21)22)17-11-9-16(10-12-17)19(2)3/h9-12H,4-8,13-15H2,1-3H3,(H,21,22). The number of rotatable bonds is 11. The first-order valence-electron chi connectivity index (χ1n) is 8.28. The van der Waals surface area contributed by atoms with Gasteiger partial charge in [-0.05, 0) is 30.7 Å². The lowest BCUT2D eigenvalue weighted by molar-refractivity contribution is -0.136. The fourth-order valence-electron chi connectivity index (χ4n) is 2.47. The number of benzene rings is 1. The van der Waals surface area contributed by atoms with Gasteiger partial charge in [-0.25, -0.2) is 0 Å². The number of carbonyl (C=O) groups is 1. The number of hydrogen-bond acceptors (Lipinski definition) is 3. The molecule has 0 bridgehead atoms. The minimum absolute atomic E-state index is 0.185. The van der Waals surface area contributed by atoms with Gasteiger partial charge in [-0.15, -0.1) is 0 Å². The second kappa shape index (κ2) is 10.1. The van der Waals surface area contributed by atoms with Gasteiger partial charge < -0.3 is 14.9 Å². The molecule has 0 unspecified atom stereocenters. The molecule has 0 aliphatic heterocycles. The van der Waals surface area contributed by atoms with E-state index >= 15 is 0 Å². The monoisotopic (exact) mass is 306 g/mol. The molecule has 0 fully saturated rings. The second-order valence-electron chi connectivity index (χ2n) is 5.96. The quantitative estimate of drug-likeness (QED) is 0.627. The molecule has 1 aromatic carbocycles. The van der Waals surface area contributed by atoms with Crippen LogP contribution in [0.1, 0.15) is 45.4 Å². The molecular formula is C18H30N2O2. The Kier molecular flexibility index (Phi) is 8.41. The molecule has 0 amide bonds. The van der Waals surface area contributed by atoms with Gasteiger partial charge in [0, 0.05) is 38.6 Å². The van der Waals surface area contributed by atoms with Crippen molar-refractivity contribution in [2.24, 2.45) is 0 Å². The Labute approximate surface area is 134 Å². The van der Waals surface area contributed by atoms with Crippen LogP contribution in [0.15, 0.2) is 24.3 Å². The zero-order chi connectivity index (χ0) is 16.4. The third-order valence-electron chi connectivity index (χ3n) is 3.86. The van der Waals surface area contributed by atoms with Crippen molar-refractivity contribution in [1.29, 1.82) is 0 Å². The average molecular weight is 306 g/mol. The summed E-state index contributed by atoms with van der Waals surface area (Å²) in [6, 6.07) is 8.34. The van der Waals surface area contributed by atoms with Crippen molar-refractivity contribution < 1.29 is 9.90 Å². The molecule has 4 nitrogen and oxygen atoms in total. The number of anilines is 2. The van der Waals surface area contributed by atoms with Gasteiger partial charge in [-0.2, -0.15) is 0 Å². The molecule has 0 heterocycles. The van der Waals surface area contributed by atoms with Crippen LogP contribution in [0.3, 0.4) is 0 Å². The Hall–Kier alpha value is -1.71. The summed E-state index contributed by atoms with van der Waals surface area (Å²) < 4.78 is 0. The highest BCUT2D eigenvalue weighted by Gasteiger charge is 2.09. The van der Waals surface area contributed by atoms with Crippen molar-refractivity contribution in [3.05, 3.63) is 24.3 Å². The highest BCUT2D eigenvalue weighted by molar-refractivity contribution is 5.68. The maximum absolute atomic E-state index is 10.9. The summed E-state index contributed by atoms with van der Waals surface area (Å²) >= 11 is 0. The lowest BCUT2D eigenvalue weighted by Gasteiger charge is -2.25. The third kappa shape index (κ3) is 6.83. The fourth-order valence-corrected chi connectivity index (χ4v) is 2.47. The van der Waals surface area contributed by atoms with E-state index in [-0.39, 0.29) is 6.42 Å². The molecule has 1 rings (SSSR count). The van der Waals surface area contributed by atoms with Crippen molar-refractivity contribution in [2.75, 3.05) is 37.0 Å². The van der Waals surface area contributed by atoms with E-state index in [2.05, 4.69) is 41.0 Å². The highest BCUT2D eigenvalue weighted by atomic mass is 16.4. The molecule has 0 atom stereocenters. The minimum Gasteiger partial charge on any atom is -0.481 e. The summed E-state index contributed by atoms with van der Waals surface area (Å²) in [7, 11) is 4.04. The summed E-state index contributed by atoms with van der Waals surface area (Å²) in [6.45, 7) is 3.72. The summed E-state index contributed by atoms with van der Waals surface area (Å²) in [5.41, 5.74) is 2.27. The van der Waals surface area contributed by atoms with Gasteiger partial charge in [0.25, 0.3) is 0 Å². The summed E-state index contributed by atoms with van der Waals surface area (Å²) in [6.07, 6.45) is 6.32. The smallest absolute Gasteiger partial charge is 0.305 e. The van der Waals surface area contributed by atoms with Crippen LogP contribution in [0.25, 0.3) is 0 Å². The van der Waals surface area contributed by atoms with E-state index in [0.717, 1.165) is 24.3 Å². The molecular weight excluding hydrogens is 276 g/mol. The Morgan fingerprint density at radius 3 is 2.09 bits per heavy atom. The van der Waals surface area contributed by atoms with Crippen LogP contribution in [-0.4, -0.2) is 38.3 Å². The normalized spacial score (nSPS) is 10.5. The van der Waals surface area contributed by atoms with Crippen molar-refractivity contribution in [1.82, 2.24) is 0 Å². The predicted octanol–water partition coefficient (Wildman–Crippen LogP) is 4.00. The Morgan fingerprint density at radius 1 is 0.955 bits per heavy atom. The zero-order valence-corrected chi connectivity index (χ0v) is 14.2. The maximum Gasteiger partial charge on any atom is 0.305 e. The topological polar surface area (TPSA) is 43.8 Å². The van der Waals surface area contributed by atoms with Gasteiger partial charge in [-0.1, -0.05) is 32.6 Å². The van der Waals surface area contributed by atoms with Gasteiger partial charge in [0.15, 0.2) is 0 Å². The maximum atomic E-state index is 10.9. The molecule has 1 aromatic rings. The molecule has 0 spiro atoms. The second-order valence-corrected chi connectivity index (χ2v) is 5.96.